The highest BCUT2D eigenvalue weighted by Gasteiger charge is 2.85. The van der Waals surface area contributed by atoms with Gasteiger partial charge < -0.3 is 9.64 Å². The Kier molecular flexibility index (Phi) is 7.95. The van der Waals surface area contributed by atoms with Gasteiger partial charge in [0.25, 0.3) is 5.91 Å². The minimum atomic E-state index is -8.02. The fourth-order valence-electron chi connectivity index (χ4n) is 2.12. The number of nitrogens with zero attached hydrogens (tertiary/aromatic N) is 1. The van der Waals surface area contributed by atoms with Crippen molar-refractivity contribution in [2.75, 3.05) is 26.3 Å². The summed E-state index contributed by atoms with van der Waals surface area (Å²) in [5.74, 6) is -25.9. The van der Waals surface area contributed by atoms with Gasteiger partial charge in [-0.05, 0) is 0 Å². The van der Waals surface area contributed by atoms with Crippen LogP contribution in [0, 0.1) is 0 Å². The van der Waals surface area contributed by atoms with Crippen LogP contribution in [0.25, 0.3) is 0 Å². The Morgan fingerprint density at radius 1 is 0.600 bits per heavy atom. The summed E-state index contributed by atoms with van der Waals surface area (Å²) in [7, 11) is 0. The molecule has 22 heteroatoms. The largest absolute Gasteiger partial charge is 0.462 e. The van der Waals surface area contributed by atoms with Gasteiger partial charge in [-0.25, -0.2) is 0 Å². The molecule has 1 aliphatic heterocycles. The van der Waals surface area contributed by atoms with E-state index in [1.54, 1.807) is 0 Å². The first-order valence-corrected chi connectivity index (χ1v) is 8.17. The molecule has 0 saturated carbocycles. The summed E-state index contributed by atoms with van der Waals surface area (Å²) in [5.41, 5.74) is 0. The van der Waals surface area contributed by atoms with E-state index >= 15 is 0 Å². The average molecular weight is 565 g/mol. The van der Waals surface area contributed by atoms with Gasteiger partial charge in [0.1, 0.15) is 0 Å². The maximum atomic E-state index is 14.4. The standard InChI is InChI=1S/C13H8F17NO4/c14-6(9(18,19)20,5(32)31-1-3-33-4-2-31)34-13(29,30)8(17,11(24,25)26)35-12(27,28)7(15,16)10(21,22)23/h1-4H2/t6-,8+/m0/s1. The summed E-state index contributed by atoms with van der Waals surface area (Å²) in [6.07, 6.45) is -38.4. The van der Waals surface area contributed by atoms with Gasteiger partial charge >= 0.3 is 48.4 Å². The number of hydrogen-bond acceptors (Lipinski definition) is 4. The number of carbonyl (C=O) groups excluding carboxylic acids is 1. The van der Waals surface area contributed by atoms with Crippen LogP contribution in [-0.4, -0.2) is 85.5 Å². The third-order valence-electron chi connectivity index (χ3n) is 3.94. The molecule has 208 valence electrons. The molecule has 0 radical (unpaired) electrons. The Morgan fingerprint density at radius 3 is 1.37 bits per heavy atom. The number of rotatable bonds is 7. The second-order valence-corrected chi connectivity index (χ2v) is 6.40. The summed E-state index contributed by atoms with van der Waals surface area (Å²) in [5, 5.41) is 0. The summed E-state index contributed by atoms with van der Waals surface area (Å²) in [6, 6.07) is 0. The van der Waals surface area contributed by atoms with Crippen molar-refractivity contribution in [2.24, 2.45) is 0 Å². The van der Waals surface area contributed by atoms with Crippen molar-refractivity contribution in [1.82, 2.24) is 4.90 Å². The minimum absolute atomic E-state index is 0.353. The van der Waals surface area contributed by atoms with Crippen LogP contribution in [0.3, 0.4) is 0 Å². The first kappa shape index (κ1) is 31.2. The molecule has 1 amide bonds. The number of morpholine rings is 1. The van der Waals surface area contributed by atoms with Gasteiger partial charge in [0.05, 0.1) is 13.2 Å². The molecular formula is C13H8F17NO4. The Labute approximate surface area is 180 Å². The molecular weight excluding hydrogens is 557 g/mol. The number of hydrogen-bond donors (Lipinski definition) is 0. The van der Waals surface area contributed by atoms with E-state index in [0.717, 1.165) is 0 Å². The maximum Gasteiger partial charge on any atom is 0.462 e. The maximum absolute atomic E-state index is 14.4. The highest BCUT2D eigenvalue weighted by molar-refractivity contribution is 5.84. The number of alkyl halides is 17. The molecule has 0 aromatic carbocycles. The zero-order valence-electron chi connectivity index (χ0n) is 15.8. The van der Waals surface area contributed by atoms with Crippen molar-refractivity contribution < 1.29 is 93.6 Å². The smallest absolute Gasteiger partial charge is 0.378 e. The number of ether oxygens (including phenoxy) is 3. The third-order valence-corrected chi connectivity index (χ3v) is 3.94. The first-order chi connectivity index (χ1) is 15.2. The molecule has 35 heavy (non-hydrogen) atoms. The molecule has 0 aromatic heterocycles. The number of carbonyl (C=O) groups is 1. The topological polar surface area (TPSA) is 48.0 Å². The highest BCUT2D eigenvalue weighted by atomic mass is 19.4. The van der Waals surface area contributed by atoms with Crippen LogP contribution in [-0.2, 0) is 19.0 Å². The molecule has 1 rings (SSSR count). The summed E-state index contributed by atoms with van der Waals surface area (Å²) < 4.78 is 230. The van der Waals surface area contributed by atoms with E-state index in [1.165, 1.54) is 4.74 Å². The molecule has 1 heterocycles. The van der Waals surface area contributed by atoms with Crippen molar-refractivity contribution in [3.63, 3.8) is 0 Å². The molecule has 0 spiro atoms. The molecule has 2 atom stereocenters. The SMILES string of the molecule is O=C(N1CCOCC1)[C@](F)(OC(F)(F)[C@](F)(OC(F)(F)C(F)(F)C(F)(F)F)C(F)(F)F)C(F)(F)F. The van der Waals surface area contributed by atoms with Crippen LogP contribution >= 0.6 is 0 Å². The zero-order valence-corrected chi connectivity index (χ0v) is 15.8. The number of amides is 1. The fraction of sp³-hybridized carbons (Fsp3) is 0.923. The lowest BCUT2D eigenvalue weighted by Crippen LogP contribution is -2.69. The molecule has 0 aromatic rings. The quantitative estimate of drug-likeness (QED) is 0.420. The van der Waals surface area contributed by atoms with Crippen LogP contribution in [0.15, 0.2) is 0 Å². The van der Waals surface area contributed by atoms with Crippen LogP contribution in [0.4, 0.5) is 74.6 Å². The summed E-state index contributed by atoms with van der Waals surface area (Å²) >= 11 is 0. The fourth-order valence-corrected chi connectivity index (χ4v) is 2.12. The van der Waals surface area contributed by atoms with E-state index in [2.05, 4.69) is 4.74 Å². The normalized spacial score (nSPS) is 20.9. The van der Waals surface area contributed by atoms with Crippen LogP contribution in [0.5, 0.6) is 0 Å². The molecule has 1 aliphatic rings. The molecule has 5 nitrogen and oxygen atoms in total. The Bertz CT molecular complexity index is 771. The van der Waals surface area contributed by atoms with E-state index in [-0.39, 0.29) is 4.90 Å². The Morgan fingerprint density at radius 2 is 1.03 bits per heavy atom. The molecule has 0 unspecified atom stereocenters. The van der Waals surface area contributed by atoms with E-state index in [1.807, 2.05) is 4.74 Å². The van der Waals surface area contributed by atoms with E-state index in [9.17, 15) is 79.4 Å². The minimum Gasteiger partial charge on any atom is -0.378 e. The summed E-state index contributed by atoms with van der Waals surface area (Å²) in [4.78, 5) is 11.4. The highest BCUT2D eigenvalue weighted by Crippen LogP contribution is 2.56. The Balaban J connectivity index is 3.60. The predicted molar refractivity (Wildman–Crippen MR) is 70.3 cm³/mol. The molecule has 1 saturated heterocycles. The lowest BCUT2D eigenvalue weighted by atomic mass is 10.2. The van der Waals surface area contributed by atoms with Crippen LogP contribution in [0.2, 0.25) is 0 Å². The van der Waals surface area contributed by atoms with Gasteiger partial charge in [-0.3, -0.25) is 14.3 Å². The molecule has 0 bridgehead atoms. The van der Waals surface area contributed by atoms with Gasteiger partial charge in [0.2, 0.25) is 0 Å². The van der Waals surface area contributed by atoms with Gasteiger partial charge in [0.15, 0.2) is 0 Å². The van der Waals surface area contributed by atoms with Crippen molar-refractivity contribution >= 4 is 5.91 Å². The molecule has 1 fully saturated rings. The van der Waals surface area contributed by atoms with E-state index < -0.39 is 80.6 Å². The van der Waals surface area contributed by atoms with E-state index in [0.29, 0.717) is 0 Å². The van der Waals surface area contributed by atoms with E-state index in [4.69, 9.17) is 0 Å². The Hall–Kier alpha value is -1.84. The van der Waals surface area contributed by atoms with Crippen LogP contribution in [0.1, 0.15) is 0 Å². The van der Waals surface area contributed by atoms with Gasteiger partial charge in [-0.2, -0.15) is 74.6 Å². The second-order valence-electron chi connectivity index (χ2n) is 6.40. The first-order valence-electron chi connectivity index (χ1n) is 8.17. The van der Waals surface area contributed by atoms with Gasteiger partial charge in [-0.15, -0.1) is 0 Å². The molecule has 0 N–H and O–H groups in total. The third kappa shape index (κ3) is 5.47. The molecule has 0 aliphatic carbocycles. The lowest BCUT2D eigenvalue weighted by molar-refractivity contribution is -0.548. The van der Waals surface area contributed by atoms with Crippen molar-refractivity contribution in [3.8, 4) is 0 Å². The summed E-state index contributed by atoms with van der Waals surface area (Å²) in [6.45, 7) is -3.51. The van der Waals surface area contributed by atoms with Gasteiger partial charge in [-0.1, -0.05) is 0 Å². The monoisotopic (exact) mass is 565 g/mol. The zero-order chi connectivity index (χ0) is 28.1. The van der Waals surface area contributed by atoms with Crippen molar-refractivity contribution in [3.05, 3.63) is 0 Å². The number of halogens is 17. The van der Waals surface area contributed by atoms with Crippen molar-refractivity contribution in [2.45, 2.75) is 48.4 Å². The average Bonchev–Trinajstić information content (AvgIpc) is 2.64. The lowest BCUT2D eigenvalue weighted by Gasteiger charge is -2.41. The predicted octanol–water partition coefficient (Wildman–Crippen LogP) is 4.72. The van der Waals surface area contributed by atoms with Crippen LogP contribution < -0.4 is 0 Å². The van der Waals surface area contributed by atoms with Gasteiger partial charge in [0, 0.05) is 13.1 Å². The van der Waals surface area contributed by atoms with Crippen molar-refractivity contribution in [1.29, 1.82) is 0 Å². The second kappa shape index (κ2) is 8.92.